The summed E-state index contributed by atoms with van der Waals surface area (Å²) in [6.45, 7) is 1.76. The van der Waals surface area contributed by atoms with Gasteiger partial charge in [-0.25, -0.2) is 9.37 Å². The van der Waals surface area contributed by atoms with Gasteiger partial charge in [0.1, 0.15) is 18.1 Å². The molecule has 0 bridgehead atoms. The number of anilines is 1. The van der Waals surface area contributed by atoms with Crippen LogP contribution in [0.15, 0.2) is 77.6 Å². The number of aromatic nitrogens is 2. The van der Waals surface area contributed by atoms with Gasteiger partial charge in [-0.3, -0.25) is 19.0 Å². The van der Waals surface area contributed by atoms with Crippen molar-refractivity contribution in [1.29, 1.82) is 0 Å². The van der Waals surface area contributed by atoms with Crippen LogP contribution in [0.2, 0.25) is 0 Å². The number of carbonyl (C=O) groups excluding carboxylic acids is 2. The molecular weight excluding hydrogens is 447 g/mol. The summed E-state index contributed by atoms with van der Waals surface area (Å²) in [6.07, 6.45) is 0.220. The van der Waals surface area contributed by atoms with Crippen molar-refractivity contribution in [3.8, 4) is 0 Å². The molecule has 4 aromatic rings. The first-order chi connectivity index (χ1) is 16.9. The van der Waals surface area contributed by atoms with Crippen molar-refractivity contribution in [2.24, 2.45) is 0 Å². The van der Waals surface area contributed by atoms with Crippen LogP contribution in [0.25, 0.3) is 11.0 Å². The minimum absolute atomic E-state index is 0.0856. The average Bonchev–Trinajstić information content (AvgIpc) is 2.86. The number of para-hydroxylation sites is 2. The molecule has 0 spiro atoms. The summed E-state index contributed by atoms with van der Waals surface area (Å²) in [5.74, 6) is -1.10. The van der Waals surface area contributed by atoms with Crippen LogP contribution >= 0.6 is 0 Å². The largest absolute Gasteiger partial charge is 0.352 e. The second-order valence-electron chi connectivity index (χ2n) is 8.21. The number of rotatable bonds is 8. The summed E-state index contributed by atoms with van der Waals surface area (Å²) < 4.78 is 15.2. The molecule has 0 unspecified atom stereocenters. The van der Waals surface area contributed by atoms with E-state index in [4.69, 9.17) is 0 Å². The number of fused-ring (bicyclic) bond motifs is 1. The van der Waals surface area contributed by atoms with Gasteiger partial charge in [-0.05, 0) is 42.3 Å². The summed E-state index contributed by atoms with van der Waals surface area (Å²) in [5.41, 5.74) is 2.56. The maximum atomic E-state index is 13.8. The molecule has 0 radical (unpaired) electrons. The van der Waals surface area contributed by atoms with E-state index in [0.29, 0.717) is 28.8 Å². The third-order valence-corrected chi connectivity index (χ3v) is 5.60. The standard InChI is InChI=1S/C27H25FN4O3/c1-18-11-12-20(15-21(18)28)30-26(34)17-32-24-10-6-5-9-22(24)31-23(27(32)35)13-14-25(33)29-16-19-7-3-2-4-8-19/h2-12,15H,13-14,16-17H2,1H3,(H,29,33)(H,30,34). The fourth-order valence-corrected chi connectivity index (χ4v) is 3.70. The van der Waals surface area contributed by atoms with Crippen LogP contribution in [0.4, 0.5) is 10.1 Å². The van der Waals surface area contributed by atoms with Crippen LogP contribution in [0.5, 0.6) is 0 Å². The molecule has 2 amide bonds. The topological polar surface area (TPSA) is 93.1 Å². The Morgan fingerprint density at radius 3 is 2.49 bits per heavy atom. The van der Waals surface area contributed by atoms with Crippen LogP contribution in [0.3, 0.4) is 0 Å². The average molecular weight is 473 g/mol. The fraction of sp³-hybridized carbons (Fsp3) is 0.185. The number of nitrogens with zero attached hydrogens (tertiary/aromatic N) is 2. The number of halogens is 1. The maximum absolute atomic E-state index is 13.8. The van der Waals surface area contributed by atoms with Crippen molar-refractivity contribution < 1.29 is 14.0 Å². The number of aryl methyl sites for hydroxylation is 2. The van der Waals surface area contributed by atoms with E-state index in [2.05, 4.69) is 15.6 Å². The van der Waals surface area contributed by atoms with E-state index < -0.39 is 17.3 Å². The van der Waals surface area contributed by atoms with Gasteiger partial charge in [-0.1, -0.05) is 48.5 Å². The molecule has 0 saturated carbocycles. The Hall–Kier alpha value is -4.33. The molecule has 8 heteroatoms. The highest BCUT2D eigenvalue weighted by molar-refractivity contribution is 5.91. The first-order valence-electron chi connectivity index (χ1n) is 11.3. The molecule has 0 atom stereocenters. The number of carbonyl (C=O) groups is 2. The monoisotopic (exact) mass is 472 g/mol. The minimum atomic E-state index is -0.474. The zero-order chi connectivity index (χ0) is 24.8. The predicted octanol–water partition coefficient (Wildman–Crippen LogP) is 3.73. The summed E-state index contributed by atoms with van der Waals surface area (Å²) in [5, 5.41) is 5.47. The Bertz CT molecular complexity index is 1430. The zero-order valence-electron chi connectivity index (χ0n) is 19.3. The van der Waals surface area contributed by atoms with Gasteiger partial charge in [0.2, 0.25) is 11.8 Å². The fourth-order valence-electron chi connectivity index (χ4n) is 3.70. The molecule has 4 rings (SSSR count). The lowest BCUT2D eigenvalue weighted by atomic mass is 10.2. The number of benzene rings is 3. The lowest BCUT2D eigenvalue weighted by Crippen LogP contribution is -2.32. The van der Waals surface area contributed by atoms with E-state index >= 15 is 0 Å². The second-order valence-corrected chi connectivity index (χ2v) is 8.21. The Morgan fingerprint density at radius 2 is 1.71 bits per heavy atom. The molecule has 0 aliphatic rings. The Kier molecular flexibility index (Phi) is 7.30. The van der Waals surface area contributed by atoms with E-state index in [1.807, 2.05) is 30.3 Å². The summed E-state index contributed by atoms with van der Waals surface area (Å²) >= 11 is 0. The number of hydrogen-bond acceptors (Lipinski definition) is 4. The van der Waals surface area contributed by atoms with E-state index in [-0.39, 0.29) is 31.0 Å². The molecule has 178 valence electrons. The first-order valence-corrected chi connectivity index (χ1v) is 11.3. The molecular formula is C27H25FN4O3. The van der Waals surface area contributed by atoms with Gasteiger partial charge in [0.05, 0.1) is 11.0 Å². The van der Waals surface area contributed by atoms with Crippen LogP contribution in [-0.4, -0.2) is 21.4 Å². The van der Waals surface area contributed by atoms with E-state index in [1.165, 1.54) is 10.6 Å². The third-order valence-electron chi connectivity index (χ3n) is 5.60. The van der Waals surface area contributed by atoms with Gasteiger partial charge < -0.3 is 10.6 Å². The SMILES string of the molecule is Cc1ccc(NC(=O)Cn2c(=O)c(CCC(=O)NCc3ccccc3)nc3ccccc32)cc1F. The van der Waals surface area contributed by atoms with E-state index in [9.17, 15) is 18.8 Å². The highest BCUT2D eigenvalue weighted by Gasteiger charge is 2.15. The molecule has 1 aromatic heterocycles. The maximum Gasteiger partial charge on any atom is 0.273 e. The van der Waals surface area contributed by atoms with E-state index in [0.717, 1.165) is 5.56 Å². The van der Waals surface area contributed by atoms with Gasteiger partial charge in [0.15, 0.2) is 0 Å². The van der Waals surface area contributed by atoms with Crippen molar-refractivity contribution in [2.45, 2.75) is 32.9 Å². The second kappa shape index (κ2) is 10.7. The highest BCUT2D eigenvalue weighted by atomic mass is 19.1. The first kappa shape index (κ1) is 23.8. The van der Waals surface area contributed by atoms with Crippen LogP contribution < -0.4 is 16.2 Å². The van der Waals surface area contributed by atoms with Crippen molar-refractivity contribution >= 4 is 28.5 Å². The molecule has 7 nitrogen and oxygen atoms in total. The van der Waals surface area contributed by atoms with Gasteiger partial charge in [0.25, 0.3) is 5.56 Å². The van der Waals surface area contributed by atoms with Gasteiger partial charge >= 0.3 is 0 Å². The normalized spacial score (nSPS) is 10.8. The molecule has 0 fully saturated rings. The van der Waals surface area contributed by atoms with Crippen molar-refractivity contribution in [3.63, 3.8) is 0 Å². The third kappa shape index (κ3) is 5.97. The molecule has 1 heterocycles. The van der Waals surface area contributed by atoms with Crippen LogP contribution in [0, 0.1) is 12.7 Å². The Labute approximate surface area is 201 Å². The van der Waals surface area contributed by atoms with Crippen molar-refractivity contribution in [2.75, 3.05) is 5.32 Å². The van der Waals surface area contributed by atoms with Gasteiger partial charge in [-0.2, -0.15) is 0 Å². The van der Waals surface area contributed by atoms with E-state index in [1.54, 1.807) is 43.3 Å². The van der Waals surface area contributed by atoms with Crippen LogP contribution in [0.1, 0.15) is 23.2 Å². The zero-order valence-corrected chi connectivity index (χ0v) is 19.3. The van der Waals surface area contributed by atoms with Gasteiger partial charge in [-0.15, -0.1) is 0 Å². The van der Waals surface area contributed by atoms with Gasteiger partial charge in [0, 0.05) is 25.1 Å². The quantitative estimate of drug-likeness (QED) is 0.409. The lowest BCUT2D eigenvalue weighted by Gasteiger charge is -2.13. The Balaban J connectivity index is 1.49. The smallest absolute Gasteiger partial charge is 0.273 e. The minimum Gasteiger partial charge on any atom is -0.352 e. The number of amides is 2. The summed E-state index contributed by atoms with van der Waals surface area (Å²) in [6, 6.07) is 20.9. The molecule has 0 aliphatic heterocycles. The summed E-state index contributed by atoms with van der Waals surface area (Å²) in [4.78, 5) is 42.7. The van der Waals surface area contributed by atoms with Crippen LogP contribution in [-0.2, 0) is 29.1 Å². The lowest BCUT2D eigenvalue weighted by molar-refractivity contribution is -0.121. The van der Waals surface area contributed by atoms with Crippen molar-refractivity contribution in [3.05, 3.63) is 106 Å². The number of nitrogens with one attached hydrogen (secondary N) is 2. The predicted molar refractivity (Wildman–Crippen MR) is 132 cm³/mol. The highest BCUT2D eigenvalue weighted by Crippen LogP contribution is 2.15. The molecule has 0 aliphatic carbocycles. The Morgan fingerprint density at radius 1 is 0.971 bits per heavy atom. The number of hydrogen-bond donors (Lipinski definition) is 2. The molecule has 3 aromatic carbocycles. The van der Waals surface area contributed by atoms with Crippen molar-refractivity contribution in [1.82, 2.24) is 14.9 Å². The summed E-state index contributed by atoms with van der Waals surface area (Å²) in [7, 11) is 0. The molecule has 0 saturated heterocycles. The molecule has 2 N–H and O–H groups in total. The molecule has 35 heavy (non-hydrogen) atoms.